The molecule has 22 heavy (non-hydrogen) atoms. The van der Waals surface area contributed by atoms with Crippen molar-refractivity contribution in [3.05, 3.63) is 27.9 Å². The highest BCUT2D eigenvalue weighted by molar-refractivity contribution is 7.13. The molecule has 0 radical (unpaired) electrons. The lowest BCUT2D eigenvalue weighted by molar-refractivity contribution is -0.0348. The summed E-state index contributed by atoms with van der Waals surface area (Å²) in [6.45, 7) is 5.26. The Balaban J connectivity index is 1.69. The van der Waals surface area contributed by atoms with E-state index in [1.54, 1.807) is 18.0 Å². The fourth-order valence-electron chi connectivity index (χ4n) is 2.32. The van der Waals surface area contributed by atoms with E-state index in [0.717, 1.165) is 17.8 Å². The lowest BCUT2D eigenvalue weighted by atomic mass is 10.2. The highest BCUT2D eigenvalue weighted by Gasteiger charge is 2.30. The molecular formula is C14H18N4O3S. The van der Waals surface area contributed by atoms with Crippen LogP contribution in [0.4, 0.5) is 0 Å². The van der Waals surface area contributed by atoms with Gasteiger partial charge in [-0.05, 0) is 12.8 Å². The average molecular weight is 322 g/mol. The number of aryl methyl sites for hydroxylation is 2. The summed E-state index contributed by atoms with van der Waals surface area (Å²) in [4.78, 5) is 19.3. The molecule has 0 aliphatic carbocycles. The second-order valence-electron chi connectivity index (χ2n) is 5.14. The Labute approximate surface area is 132 Å². The second kappa shape index (κ2) is 6.53. The normalized spacial score (nSPS) is 18.6. The SMILES string of the molecule is CCCc1ncc(C(=O)N2CCO[C@@H](c3nnc(C)o3)C2)s1. The number of hydrogen-bond acceptors (Lipinski definition) is 7. The first-order valence-corrected chi connectivity index (χ1v) is 8.14. The fraction of sp³-hybridized carbons (Fsp3) is 0.571. The van der Waals surface area contributed by atoms with E-state index in [-0.39, 0.29) is 12.0 Å². The van der Waals surface area contributed by atoms with Crippen molar-refractivity contribution in [1.29, 1.82) is 0 Å². The minimum absolute atomic E-state index is 0.00982. The lowest BCUT2D eigenvalue weighted by Crippen LogP contribution is -2.42. The number of rotatable bonds is 4. The van der Waals surface area contributed by atoms with Gasteiger partial charge in [0.05, 0.1) is 24.4 Å². The van der Waals surface area contributed by atoms with Crippen LogP contribution in [0.2, 0.25) is 0 Å². The number of nitrogens with zero attached hydrogens (tertiary/aromatic N) is 4. The molecule has 0 aromatic carbocycles. The summed E-state index contributed by atoms with van der Waals surface area (Å²) in [5, 5.41) is 8.78. The molecule has 0 unspecified atom stereocenters. The van der Waals surface area contributed by atoms with Crippen molar-refractivity contribution >= 4 is 17.2 Å². The summed E-state index contributed by atoms with van der Waals surface area (Å²) in [5.74, 6) is 0.907. The largest absolute Gasteiger partial charge is 0.423 e. The number of ether oxygens (including phenoxy) is 1. The molecule has 0 bridgehead atoms. The molecule has 0 N–H and O–H groups in total. The third-order valence-corrected chi connectivity index (χ3v) is 4.44. The van der Waals surface area contributed by atoms with Gasteiger partial charge in [-0.3, -0.25) is 4.79 Å². The summed E-state index contributed by atoms with van der Waals surface area (Å²) in [6.07, 6.45) is 3.24. The van der Waals surface area contributed by atoms with Crippen molar-refractivity contribution in [1.82, 2.24) is 20.1 Å². The Hall–Kier alpha value is -1.80. The van der Waals surface area contributed by atoms with Gasteiger partial charge in [0.2, 0.25) is 11.8 Å². The van der Waals surface area contributed by atoms with Gasteiger partial charge in [-0.15, -0.1) is 21.5 Å². The predicted octanol–water partition coefficient (Wildman–Crippen LogP) is 2.00. The van der Waals surface area contributed by atoms with Gasteiger partial charge in [0, 0.05) is 13.5 Å². The molecule has 7 nitrogen and oxygen atoms in total. The maximum absolute atomic E-state index is 12.6. The first-order chi connectivity index (χ1) is 10.7. The van der Waals surface area contributed by atoms with Crippen molar-refractivity contribution in [3.8, 4) is 0 Å². The van der Waals surface area contributed by atoms with Crippen molar-refractivity contribution < 1.29 is 13.9 Å². The number of hydrogen-bond donors (Lipinski definition) is 0. The molecule has 3 heterocycles. The predicted molar refractivity (Wildman–Crippen MR) is 79.7 cm³/mol. The number of morpholine rings is 1. The smallest absolute Gasteiger partial charge is 0.265 e. The average Bonchev–Trinajstić information content (AvgIpc) is 3.16. The minimum Gasteiger partial charge on any atom is -0.423 e. The Morgan fingerprint density at radius 2 is 2.36 bits per heavy atom. The highest BCUT2D eigenvalue weighted by Crippen LogP contribution is 2.24. The third-order valence-electron chi connectivity index (χ3n) is 3.40. The van der Waals surface area contributed by atoms with Gasteiger partial charge in [0.1, 0.15) is 4.88 Å². The number of aromatic nitrogens is 3. The summed E-state index contributed by atoms with van der Waals surface area (Å²) in [7, 11) is 0. The van der Waals surface area contributed by atoms with Crippen molar-refractivity contribution in [2.24, 2.45) is 0 Å². The van der Waals surface area contributed by atoms with Crippen LogP contribution in [-0.2, 0) is 11.2 Å². The van der Waals surface area contributed by atoms with E-state index < -0.39 is 0 Å². The van der Waals surface area contributed by atoms with Crippen LogP contribution >= 0.6 is 11.3 Å². The van der Waals surface area contributed by atoms with Gasteiger partial charge in [0.25, 0.3) is 5.91 Å². The fourth-order valence-corrected chi connectivity index (χ4v) is 3.31. The highest BCUT2D eigenvalue weighted by atomic mass is 32.1. The van der Waals surface area contributed by atoms with Crippen LogP contribution in [0, 0.1) is 6.92 Å². The summed E-state index contributed by atoms with van der Waals surface area (Å²) in [5.41, 5.74) is 0. The molecule has 0 spiro atoms. The molecule has 8 heteroatoms. The first kappa shape index (κ1) is 15.1. The zero-order chi connectivity index (χ0) is 15.5. The van der Waals surface area contributed by atoms with Crippen molar-refractivity contribution in [2.75, 3.05) is 19.7 Å². The van der Waals surface area contributed by atoms with Crippen LogP contribution in [-0.4, -0.2) is 45.7 Å². The van der Waals surface area contributed by atoms with E-state index in [1.165, 1.54) is 11.3 Å². The Morgan fingerprint density at radius 1 is 1.50 bits per heavy atom. The van der Waals surface area contributed by atoms with E-state index in [0.29, 0.717) is 36.4 Å². The minimum atomic E-state index is -0.359. The van der Waals surface area contributed by atoms with Gasteiger partial charge < -0.3 is 14.1 Å². The Morgan fingerprint density at radius 3 is 3.09 bits per heavy atom. The van der Waals surface area contributed by atoms with Crippen LogP contribution < -0.4 is 0 Å². The number of thiazole rings is 1. The van der Waals surface area contributed by atoms with E-state index in [4.69, 9.17) is 9.15 Å². The molecule has 1 amide bonds. The van der Waals surface area contributed by atoms with Gasteiger partial charge in [-0.1, -0.05) is 6.92 Å². The topological polar surface area (TPSA) is 81.4 Å². The standard InChI is InChI=1S/C14H18N4O3S/c1-3-4-12-15-7-11(22-12)14(19)18-5-6-20-10(8-18)13-17-16-9(2)21-13/h7,10H,3-6,8H2,1-2H3/t10-/m1/s1. The summed E-state index contributed by atoms with van der Waals surface area (Å²) >= 11 is 1.47. The van der Waals surface area contributed by atoms with E-state index >= 15 is 0 Å². The maximum Gasteiger partial charge on any atom is 0.265 e. The zero-order valence-electron chi connectivity index (χ0n) is 12.6. The molecule has 2 aromatic rings. The molecule has 1 aliphatic rings. The summed E-state index contributed by atoms with van der Waals surface area (Å²) in [6, 6.07) is 0. The van der Waals surface area contributed by atoms with E-state index in [1.807, 2.05) is 0 Å². The molecule has 118 valence electrons. The molecular weight excluding hydrogens is 304 g/mol. The molecule has 1 atom stereocenters. The van der Waals surface area contributed by atoms with Crippen LogP contribution in [0.15, 0.2) is 10.6 Å². The van der Waals surface area contributed by atoms with Crippen molar-refractivity contribution in [3.63, 3.8) is 0 Å². The molecule has 0 saturated carbocycles. The van der Waals surface area contributed by atoms with Gasteiger partial charge in [0.15, 0.2) is 6.10 Å². The van der Waals surface area contributed by atoms with Crippen molar-refractivity contribution in [2.45, 2.75) is 32.8 Å². The molecule has 1 aliphatic heterocycles. The molecule has 1 fully saturated rings. The number of amides is 1. The lowest BCUT2D eigenvalue weighted by Gasteiger charge is -2.30. The molecule has 2 aromatic heterocycles. The molecule has 3 rings (SSSR count). The zero-order valence-corrected chi connectivity index (χ0v) is 13.4. The van der Waals surface area contributed by atoms with Gasteiger partial charge in [-0.25, -0.2) is 4.98 Å². The first-order valence-electron chi connectivity index (χ1n) is 7.33. The monoisotopic (exact) mass is 322 g/mol. The van der Waals surface area contributed by atoms with Crippen LogP contribution in [0.5, 0.6) is 0 Å². The maximum atomic E-state index is 12.6. The third kappa shape index (κ3) is 3.17. The molecule has 1 saturated heterocycles. The van der Waals surface area contributed by atoms with Crippen LogP contribution in [0.3, 0.4) is 0 Å². The van der Waals surface area contributed by atoms with Gasteiger partial charge in [-0.2, -0.15) is 0 Å². The van der Waals surface area contributed by atoms with Crippen LogP contribution in [0.25, 0.3) is 0 Å². The Kier molecular flexibility index (Phi) is 4.49. The number of carbonyl (C=O) groups excluding carboxylic acids is 1. The second-order valence-corrected chi connectivity index (χ2v) is 6.25. The van der Waals surface area contributed by atoms with Gasteiger partial charge >= 0.3 is 0 Å². The van der Waals surface area contributed by atoms with Crippen LogP contribution in [0.1, 0.15) is 45.9 Å². The number of carbonyl (C=O) groups is 1. The Bertz CT molecular complexity index is 654. The summed E-state index contributed by atoms with van der Waals surface area (Å²) < 4.78 is 11.0. The van der Waals surface area contributed by atoms with E-state index in [2.05, 4.69) is 22.1 Å². The quantitative estimate of drug-likeness (QED) is 0.856. The van der Waals surface area contributed by atoms with E-state index in [9.17, 15) is 4.79 Å².